The van der Waals surface area contributed by atoms with Crippen LogP contribution in [0.25, 0.3) is 5.57 Å². The smallest absolute Gasteiger partial charge is 0.00456 e. The molecule has 1 atom stereocenters. The van der Waals surface area contributed by atoms with Crippen molar-refractivity contribution in [2.24, 2.45) is 17.6 Å². The molecule has 2 aliphatic carbocycles. The molecular weight excluding hydrogens is 218 g/mol. The highest BCUT2D eigenvalue weighted by molar-refractivity contribution is 5.73. The van der Waals surface area contributed by atoms with Gasteiger partial charge in [0.1, 0.15) is 0 Å². The number of hydrogen-bond donors (Lipinski definition) is 1. The molecule has 0 spiro atoms. The Morgan fingerprint density at radius 2 is 2.06 bits per heavy atom. The molecule has 1 fully saturated rings. The van der Waals surface area contributed by atoms with Gasteiger partial charge in [-0.25, -0.2) is 0 Å². The average molecular weight is 241 g/mol. The lowest BCUT2D eigenvalue weighted by Gasteiger charge is -2.29. The normalized spacial score (nSPS) is 20.2. The molecule has 3 rings (SSSR count). The summed E-state index contributed by atoms with van der Waals surface area (Å²) >= 11 is 0. The Bertz CT molecular complexity index is 443. The van der Waals surface area contributed by atoms with Gasteiger partial charge < -0.3 is 5.73 Å². The molecule has 1 heteroatoms. The molecule has 0 heterocycles. The summed E-state index contributed by atoms with van der Waals surface area (Å²) in [5, 5.41) is 0. The third kappa shape index (κ3) is 2.37. The number of allylic oxidation sites excluding steroid dienone is 2. The van der Waals surface area contributed by atoms with Crippen LogP contribution in [0.3, 0.4) is 0 Å². The lowest BCUT2D eigenvalue weighted by molar-refractivity contribution is 0.253. The van der Waals surface area contributed by atoms with Crippen molar-refractivity contribution in [3.8, 4) is 0 Å². The number of rotatable bonds is 5. The van der Waals surface area contributed by atoms with Crippen molar-refractivity contribution in [2.75, 3.05) is 6.54 Å². The maximum Gasteiger partial charge on any atom is -0.00456 e. The molecular formula is C17H23N. The fourth-order valence-corrected chi connectivity index (χ4v) is 3.32. The summed E-state index contributed by atoms with van der Waals surface area (Å²) in [5.41, 5.74) is 10.5. The second kappa shape index (κ2) is 5.27. The summed E-state index contributed by atoms with van der Waals surface area (Å²) in [4.78, 5) is 0. The Morgan fingerprint density at radius 1 is 1.22 bits per heavy atom. The first kappa shape index (κ1) is 12.0. The molecule has 1 nitrogen and oxygen atoms in total. The monoisotopic (exact) mass is 241 g/mol. The van der Waals surface area contributed by atoms with Crippen LogP contribution in [0.5, 0.6) is 0 Å². The molecule has 0 aliphatic heterocycles. The zero-order chi connectivity index (χ0) is 12.4. The summed E-state index contributed by atoms with van der Waals surface area (Å²) in [6.45, 7) is 0.843. The summed E-state index contributed by atoms with van der Waals surface area (Å²) in [7, 11) is 0. The maximum absolute atomic E-state index is 5.97. The standard InChI is InChI=1S/C17H23N/c18-12-14(10-13-4-3-5-13)11-16-9-8-15-6-1-2-7-17(15)16/h1-2,6-7,9,13-14H,3-5,8,10-12,18H2. The number of hydrogen-bond acceptors (Lipinski definition) is 1. The molecule has 0 bridgehead atoms. The molecule has 1 aromatic rings. The van der Waals surface area contributed by atoms with Gasteiger partial charge in [-0.05, 0) is 54.3 Å². The van der Waals surface area contributed by atoms with Crippen molar-refractivity contribution in [1.29, 1.82) is 0 Å². The van der Waals surface area contributed by atoms with E-state index in [9.17, 15) is 0 Å². The van der Waals surface area contributed by atoms with E-state index < -0.39 is 0 Å². The van der Waals surface area contributed by atoms with Crippen molar-refractivity contribution < 1.29 is 0 Å². The molecule has 0 aromatic heterocycles. The van der Waals surface area contributed by atoms with Crippen LogP contribution in [0, 0.1) is 11.8 Å². The first-order valence-corrected chi connectivity index (χ1v) is 7.34. The second-order valence-electron chi connectivity index (χ2n) is 5.93. The third-order valence-electron chi connectivity index (χ3n) is 4.67. The minimum atomic E-state index is 0.688. The molecule has 1 unspecified atom stereocenters. The zero-order valence-electron chi connectivity index (χ0n) is 11.1. The third-order valence-corrected chi connectivity index (χ3v) is 4.67. The van der Waals surface area contributed by atoms with Gasteiger partial charge in [0.15, 0.2) is 0 Å². The highest BCUT2D eigenvalue weighted by Gasteiger charge is 2.23. The van der Waals surface area contributed by atoms with Crippen molar-refractivity contribution in [1.82, 2.24) is 0 Å². The number of benzene rings is 1. The predicted molar refractivity (Wildman–Crippen MR) is 77.2 cm³/mol. The summed E-state index contributed by atoms with van der Waals surface area (Å²) < 4.78 is 0. The Kier molecular flexibility index (Phi) is 3.51. The van der Waals surface area contributed by atoms with E-state index in [1.54, 1.807) is 5.57 Å². The minimum absolute atomic E-state index is 0.688. The van der Waals surface area contributed by atoms with Crippen LogP contribution in [-0.2, 0) is 6.42 Å². The largest absolute Gasteiger partial charge is 0.330 e. The van der Waals surface area contributed by atoms with Gasteiger partial charge >= 0.3 is 0 Å². The summed E-state index contributed by atoms with van der Waals surface area (Å²) in [6.07, 6.45) is 10.4. The van der Waals surface area contributed by atoms with Crippen LogP contribution >= 0.6 is 0 Å². The molecule has 96 valence electrons. The quantitative estimate of drug-likeness (QED) is 0.834. The van der Waals surface area contributed by atoms with Gasteiger partial charge in [-0.1, -0.05) is 49.6 Å². The van der Waals surface area contributed by atoms with E-state index in [2.05, 4.69) is 30.3 Å². The van der Waals surface area contributed by atoms with Crippen molar-refractivity contribution in [3.05, 3.63) is 41.5 Å². The van der Waals surface area contributed by atoms with E-state index in [1.165, 1.54) is 43.2 Å². The molecule has 2 N–H and O–H groups in total. The van der Waals surface area contributed by atoms with Crippen molar-refractivity contribution in [3.63, 3.8) is 0 Å². The van der Waals surface area contributed by atoms with Gasteiger partial charge in [0, 0.05) is 0 Å². The van der Waals surface area contributed by atoms with E-state index in [1.807, 2.05) is 0 Å². The molecule has 2 aliphatic rings. The van der Waals surface area contributed by atoms with Crippen molar-refractivity contribution >= 4 is 5.57 Å². The van der Waals surface area contributed by atoms with Crippen LogP contribution in [0.15, 0.2) is 30.3 Å². The topological polar surface area (TPSA) is 26.0 Å². The van der Waals surface area contributed by atoms with Crippen LogP contribution in [0.2, 0.25) is 0 Å². The SMILES string of the molecule is NCC(CC1=CCc2ccccc21)CC1CCC1. The predicted octanol–water partition coefficient (Wildman–Crippen LogP) is 3.78. The van der Waals surface area contributed by atoms with Crippen LogP contribution in [0.1, 0.15) is 43.2 Å². The highest BCUT2D eigenvalue weighted by atomic mass is 14.5. The fourth-order valence-electron chi connectivity index (χ4n) is 3.32. The number of fused-ring (bicyclic) bond motifs is 1. The zero-order valence-corrected chi connectivity index (χ0v) is 11.1. The molecule has 1 saturated carbocycles. The van der Waals surface area contributed by atoms with E-state index >= 15 is 0 Å². The van der Waals surface area contributed by atoms with Gasteiger partial charge in [0.05, 0.1) is 0 Å². The molecule has 0 saturated heterocycles. The van der Waals surface area contributed by atoms with E-state index in [-0.39, 0.29) is 0 Å². The summed E-state index contributed by atoms with van der Waals surface area (Å²) in [6, 6.07) is 8.82. The van der Waals surface area contributed by atoms with E-state index in [4.69, 9.17) is 5.73 Å². The van der Waals surface area contributed by atoms with E-state index in [0.29, 0.717) is 5.92 Å². The molecule has 1 aromatic carbocycles. The summed E-state index contributed by atoms with van der Waals surface area (Å²) in [5.74, 6) is 1.66. The average Bonchev–Trinajstić information content (AvgIpc) is 2.75. The van der Waals surface area contributed by atoms with E-state index in [0.717, 1.165) is 18.9 Å². The van der Waals surface area contributed by atoms with Gasteiger partial charge in [0.25, 0.3) is 0 Å². The maximum atomic E-state index is 5.97. The first-order valence-electron chi connectivity index (χ1n) is 7.34. The lowest BCUT2D eigenvalue weighted by Crippen LogP contribution is -2.22. The highest BCUT2D eigenvalue weighted by Crippen LogP contribution is 2.37. The minimum Gasteiger partial charge on any atom is -0.330 e. The fraction of sp³-hybridized carbons (Fsp3) is 0.529. The van der Waals surface area contributed by atoms with Crippen molar-refractivity contribution in [2.45, 2.75) is 38.5 Å². The van der Waals surface area contributed by atoms with Crippen LogP contribution in [0.4, 0.5) is 0 Å². The Morgan fingerprint density at radius 3 is 2.78 bits per heavy atom. The van der Waals surface area contributed by atoms with Gasteiger partial charge in [0.2, 0.25) is 0 Å². The van der Waals surface area contributed by atoms with Gasteiger partial charge in [-0.15, -0.1) is 0 Å². The van der Waals surface area contributed by atoms with Gasteiger partial charge in [-0.2, -0.15) is 0 Å². The van der Waals surface area contributed by atoms with Crippen LogP contribution in [-0.4, -0.2) is 6.54 Å². The lowest BCUT2D eigenvalue weighted by atomic mass is 9.77. The molecule has 0 amide bonds. The first-order chi connectivity index (χ1) is 8.86. The Balaban J connectivity index is 1.65. The van der Waals surface area contributed by atoms with Crippen LogP contribution < -0.4 is 5.73 Å². The number of nitrogens with two attached hydrogens (primary N) is 1. The molecule has 0 radical (unpaired) electrons. The Labute approximate surface area is 110 Å². The molecule has 18 heavy (non-hydrogen) atoms. The Hall–Kier alpha value is -1.08. The van der Waals surface area contributed by atoms with Gasteiger partial charge in [-0.3, -0.25) is 0 Å². The second-order valence-corrected chi connectivity index (χ2v) is 5.93.